The molecule has 0 atom stereocenters. The quantitative estimate of drug-likeness (QED) is 0.788. The van der Waals surface area contributed by atoms with Gasteiger partial charge in [0.2, 0.25) is 5.95 Å². The lowest BCUT2D eigenvalue weighted by atomic mass is 10.3. The maximum Gasteiger partial charge on any atom is 0.227 e. The van der Waals surface area contributed by atoms with Gasteiger partial charge >= 0.3 is 0 Å². The van der Waals surface area contributed by atoms with Crippen LogP contribution >= 0.6 is 0 Å². The Labute approximate surface area is 122 Å². The second-order valence-electron chi connectivity index (χ2n) is 4.53. The van der Waals surface area contributed by atoms with Crippen LogP contribution in [0.1, 0.15) is 5.76 Å². The Balaban J connectivity index is 1.86. The average Bonchev–Trinajstić information content (AvgIpc) is 2.94. The van der Waals surface area contributed by atoms with E-state index in [4.69, 9.17) is 9.15 Å². The summed E-state index contributed by atoms with van der Waals surface area (Å²) in [6, 6.07) is 13.2. The molecule has 1 aromatic carbocycles. The van der Waals surface area contributed by atoms with E-state index in [1.165, 1.54) is 0 Å². The summed E-state index contributed by atoms with van der Waals surface area (Å²) in [6.07, 6.45) is 1.70. The molecular formula is C16H15N3O2. The van der Waals surface area contributed by atoms with Crippen LogP contribution < -0.4 is 10.1 Å². The molecule has 5 nitrogen and oxygen atoms in total. The highest BCUT2D eigenvalue weighted by atomic mass is 16.5. The van der Waals surface area contributed by atoms with E-state index >= 15 is 0 Å². The summed E-state index contributed by atoms with van der Waals surface area (Å²) in [5.41, 5.74) is 1.60. The number of hydrogen-bond donors (Lipinski definition) is 1. The van der Waals surface area contributed by atoms with E-state index in [2.05, 4.69) is 15.3 Å². The lowest BCUT2D eigenvalue weighted by Gasteiger charge is -2.07. The molecular weight excluding hydrogens is 266 g/mol. The van der Waals surface area contributed by atoms with Crippen molar-refractivity contribution in [3.05, 3.63) is 54.4 Å². The Kier molecular flexibility index (Phi) is 3.55. The summed E-state index contributed by atoms with van der Waals surface area (Å²) in [5, 5.41) is 3.15. The Morgan fingerprint density at radius 2 is 2.05 bits per heavy atom. The summed E-state index contributed by atoms with van der Waals surface area (Å²) in [6.45, 7) is 1.90. The van der Waals surface area contributed by atoms with Crippen LogP contribution in [-0.2, 0) is 0 Å². The van der Waals surface area contributed by atoms with Crippen LogP contribution in [0.5, 0.6) is 5.75 Å². The van der Waals surface area contributed by atoms with Crippen molar-refractivity contribution in [3.63, 3.8) is 0 Å². The fraction of sp³-hybridized carbons (Fsp3) is 0.125. The van der Waals surface area contributed by atoms with Gasteiger partial charge in [0, 0.05) is 18.0 Å². The molecule has 106 valence electrons. The minimum Gasteiger partial charge on any atom is -0.497 e. The monoisotopic (exact) mass is 281 g/mol. The summed E-state index contributed by atoms with van der Waals surface area (Å²) >= 11 is 0. The number of aryl methyl sites for hydroxylation is 1. The van der Waals surface area contributed by atoms with E-state index in [1.54, 1.807) is 13.3 Å². The van der Waals surface area contributed by atoms with Crippen LogP contribution in [0.3, 0.4) is 0 Å². The van der Waals surface area contributed by atoms with Crippen LogP contribution in [0.25, 0.3) is 11.5 Å². The number of ether oxygens (including phenoxy) is 1. The SMILES string of the molecule is COc1cccc(Nc2nccc(-c3ccc(C)o3)n2)c1. The first-order valence-electron chi connectivity index (χ1n) is 6.55. The molecule has 0 radical (unpaired) electrons. The standard InChI is InChI=1S/C16H15N3O2/c1-11-6-7-15(21-11)14-8-9-17-16(19-14)18-12-4-3-5-13(10-12)20-2/h3-10H,1-2H3,(H,17,18,19). The number of aromatic nitrogens is 2. The molecule has 0 aliphatic heterocycles. The van der Waals surface area contributed by atoms with Gasteiger partial charge in [0.15, 0.2) is 5.76 Å². The highest BCUT2D eigenvalue weighted by Gasteiger charge is 2.06. The maximum absolute atomic E-state index is 5.57. The van der Waals surface area contributed by atoms with Crippen LogP contribution in [0.2, 0.25) is 0 Å². The van der Waals surface area contributed by atoms with Gasteiger partial charge in [-0.25, -0.2) is 9.97 Å². The molecule has 1 N–H and O–H groups in total. The molecule has 2 aromatic heterocycles. The predicted octanol–water partition coefficient (Wildman–Crippen LogP) is 3.80. The van der Waals surface area contributed by atoms with E-state index in [9.17, 15) is 0 Å². The number of nitrogens with zero attached hydrogens (tertiary/aromatic N) is 2. The molecule has 0 fully saturated rings. The van der Waals surface area contributed by atoms with Crippen molar-refractivity contribution in [2.24, 2.45) is 0 Å². The Bertz CT molecular complexity index is 753. The van der Waals surface area contributed by atoms with E-state index in [-0.39, 0.29) is 0 Å². The second-order valence-corrected chi connectivity index (χ2v) is 4.53. The first-order valence-corrected chi connectivity index (χ1v) is 6.55. The van der Waals surface area contributed by atoms with Crippen molar-refractivity contribution in [2.75, 3.05) is 12.4 Å². The van der Waals surface area contributed by atoms with Gasteiger partial charge in [-0.05, 0) is 37.3 Å². The number of methoxy groups -OCH3 is 1. The molecule has 0 saturated carbocycles. The van der Waals surface area contributed by atoms with Gasteiger partial charge in [-0.1, -0.05) is 6.07 Å². The minimum atomic E-state index is 0.509. The van der Waals surface area contributed by atoms with Gasteiger partial charge in [-0.3, -0.25) is 0 Å². The van der Waals surface area contributed by atoms with Crippen LogP contribution in [0.4, 0.5) is 11.6 Å². The lowest BCUT2D eigenvalue weighted by Crippen LogP contribution is -1.97. The van der Waals surface area contributed by atoms with E-state index in [0.717, 1.165) is 28.7 Å². The molecule has 0 saturated heterocycles. The highest BCUT2D eigenvalue weighted by Crippen LogP contribution is 2.23. The number of nitrogens with one attached hydrogen (secondary N) is 1. The first kappa shape index (κ1) is 13.2. The van der Waals surface area contributed by atoms with Crippen molar-refractivity contribution >= 4 is 11.6 Å². The number of rotatable bonds is 4. The molecule has 0 bridgehead atoms. The van der Waals surface area contributed by atoms with Crippen molar-refractivity contribution in [1.82, 2.24) is 9.97 Å². The van der Waals surface area contributed by atoms with Crippen molar-refractivity contribution in [2.45, 2.75) is 6.92 Å². The second kappa shape index (κ2) is 5.66. The first-order chi connectivity index (χ1) is 10.2. The third-order valence-electron chi connectivity index (χ3n) is 2.97. The van der Waals surface area contributed by atoms with Crippen molar-refractivity contribution in [3.8, 4) is 17.2 Å². The molecule has 3 rings (SSSR count). The van der Waals surface area contributed by atoms with Gasteiger partial charge in [-0.2, -0.15) is 0 Å². The van der Waals surface area contributed by atoms with Crippen molar-refractivity contribution in [1.29, 1.82) is 0 Å². The lowest BCUT2D eigenvalue weighted by molar-refractivity contribution is 0.415. The van der Waals surface area contributed by atoms with Gasteiger partial charge < -0.3 is 14.5 Å². The maximum atomic E-state index is 5.57. The third kappa shape index (κ3) is 3.02. The normalized spacial score (nSPS) is 10.4. The minimum absolute atomic E-state index is 0.509. The number of anilines is 2. The zero-order chi connectivity index (χ0) is 14.7. The van der Waals surface area contributed by atoms with Crippen LogP contribution in [-0.4, -0.2) is 17.1 Å². The van der Waals surface area contributed by atoms with Gasteiger partial charge in [0.25, 0.3) is 0 Å². The topological polar surface area (TPSA) is 60.2 Å². The molecule has 0 amide bonds. The molecule has 2 heterocycles. The number of benzene rings is 1. The Morgan fingerprint density at radius 1 is 1.14 bits per heavy atom. The smallest absolute Gasteiger partial charge is 0.227 e. The summed E-state index contributed by atoms with van der Waals surface area (Å²) in [5.74, 6) is 2.86. The summed E-state index contributed by atoms with van der Waals surface area (Å²) in [4.78, 5) is 8.67. The molecule has 0 spiro atoms. The molecule has 0 aliphatic rings. The average molecular weight is 281 g/mol. The zero-order valence-electron chi connectivity index (χ0n) is 11.8. The fourth-order valence-electron chi connectivity index (χ4n) is 1.96. The van der Waals surface area contributed by atoms with Gasteiger partial charge in [-0.15, -0.1) is 0 Å². The summed E-state index contributed by atoms with van der Waals surface area (Å²) < 4.78 is 10.8. The Morgan fingerprint density at radius 3 is 2.81 bits per heavy atom. The van der Waals surface area contributed by atoms with E-state index in [0.29, 0.717) is 5.95 Å². The Hall–Kier alpha value is -2.82. The highest BCUT2D eigenvalue weighted by molar-refractivity contribution is 5.59. The molecule has 3 aromatic rings. The van der Waals surface area contributed by atoms with Crippen molar-refractivity contribution < 1.29 is 9.15 Å². The third-order valence-corrected chi connectivity index (χ3v) is 2.97. The van der Waals surface area contributed by atoms with Gasteiger partial charge in [0.05, 0.1) is 7.11 Å². The number of hydrogen-bond acceptors (Lipinski definition) is 5. The predicted molar refractivity (Wildman–Crippen MR) is 80.7 cm³/mol. The molecule has 0 unspecified atom stereocenters. The van der Waals surface area contributed by atoms with Gasteiger partial charge in [0.1, 0.15) is 17.2 Å². The summed E-state index contributed by atoms with van der Waals surface area (Å²) in [7, 11) is 1.63. The largest absolute Gasteiger partial charge is 0.497 e. The molecule has 21 heavy (non-hydrogen) atoms. The molecule has 5 heteroatoms. The molecule has 0 aliphatic carbocycles. The van der Waals surface area contributed by atoms with Crippen LogP contribution in [0.15, 0.2) is 53.1 Å². The van der Waals surface area contributed by atoms with E-state index < -0.39 is 0 Å². The van der Waals surface area contributed by atoms with Crippen LogP contribution in [0, 0.1) is 6.92 Å². The fourth-order valence-corrected chi connectivity index (χ4v) is 1.96. The number of furan rings is 1. The van der Waals surface area contributed by atoms with E-state index in [1.807, 2.05) is 49.4 Å². The zero-order valence-corrected chi connectivity index (χ0v) is 11.8.